The summed E-state index contributed by atoms with van der Waals surface area (Å²) in [5, 5.41) is 15.5. The molecule has 0 unspecified atom stereocenters. The molecule has 0 saturated carbocycles. The zero-order chi connectivity index (χ0) is 18.0. The van der Waals surface area contributed by atoms with Gasteiger partial charge in [0.05, 0.1) is 19.8 Å². The van der Waals surface area contributed by atoms with Crippen LogP contribution in [-0.2, 0) is 4.79 Å². The number of carbonyl (C=O) groups excluding carboxylic acids is 1. The van der Waals surface area contributed by atoms with Crippen LogP contribution < -0.4 is 9.47 Å². The lowest BCUT2D eigenvalue weighted by Gasteiger charge is -2.20. The zero-order valence-electron chi connectivity index (χ0n) is 14.2. The predicted octanol–water partition coefficient (Wildman–Crippen LogP) is 3.12. The molecule has 0 bridgehead atoms. The molecule has 0 fully saturated rings. The molecule has 1 N–H and O–H groups in total. The lowest BCUT2D eigenvalue weighted by atomic mass is 10.1. The largest absolute Gasteiger partial charge is 0.497 e. The minimum atomic E-state index is -0.457. The van der Waals surface area contributed by atoms with E-state index in [-0.39, 0.29) is 11.4 Å². The smallest absolute Gasteiger partial charge is 0.283 e. The number of amides is 1. The number of methoxy groups -OCH3 is 2. The highest BCUT2D eigenvalue weighted by atomic mass is 32.2. The number of nitrogens with zero attached hydrogens (tertiary/aromatic N) is 3. The average Bonchev–Trinajstić information content (AvgIpc) is 3.01. The first kappa shape index (κ1) is 17.2. The molecule has 1 aromatic rings. The van der Waals surface area contributed by atoms with Gasteiger partial charge in [-0.3, -0.25) is 10.2 Å². The van der Waals surface area contributed by atoms with Gasteiger partial charge in [-0.2, -0.15) is 15.1 Å². The highest BCUT2D eigenvalue weighted by Gasteiger charge is 2.35. The summed E-state index contributed by atoms with van der Waals surface area (Å²) >= 11 is 1.34. The number of aliphatic imine (C=N–C) groups is 1. The summed E-state index contributed by atoms with van der Waals surface area (Å²) in [7, 11) is 3.11. The van der Waals surface area contributed by atoms with E-state index in [9.17, 15) is 4.79 Å². The summed E-state index contributed by atoms with van der Waals surface area (Å²) in [6.45, 7) is 2.05. The molecule has 0 spiro atoms. The number of hydrogen-bond donors (Lipinski definition) is 1. The fraction of sp³-hybridized carbons (Fsp3) is 0.294. The van der Waals surface area contributed by atoms with Gasteiger partial charge in [0, 0.05) is 5.56 Å². The maximum Gasteiger partial charge on any atom is 0.283 e. The first-order valence-corrected chi connectivity index (χ1v) is 8.60. The van der Waals surface area contributed by atoms with Gasteiger partial charge in [-0.05, 0) is 48.9 Å². The number of hydrogen-bond acceptors (Lipinski definition) is 6. The summed E-state index contributed by atoms with van der Waals surface area (Å²) in [5.74, 6) is 0.765. The normalized spacial score (nSPS) is 18.2. The lowest BCUT2D eigenvalue weighted by Crippen LogP contribution is -2.35. The third kappa shape index (κ3) is 3.30. The molecule has 2 aliphatic rings. The van der Waals surface area contributed by atoms with E-state index in [0.29, 0.717) is 22.2 Å². The second-order valence-corrected chi connectivity index (χ2v) is 6.41. The fourth-order valence-corrected chi connectivity index (χ4v) is 3.44. The standard InChI is InChI=1S/C17H18N4O3S/c1-4-5-14-20-21-15(18)12(16(22)19-17(21)25-14)9-10-8-11(23-2)6-7-13(10)24-3/h6-9,18H,4-5H2,1-3H3/b12-9-,18-15?. The lowest BCUT2D eigenvalue weighted by molar-refractivity contribution is -0.114. The quantitative estimate of drug-likeness (QED) is 0.817. The molecule has 0 aliphatic carbocycles. The van der Waals surface area contributed by atoms with Crippen LogP contribution in [0.3, 0.4) is 0 Å². The molecular formula is C17H18N4O3S. The van der Waals surface area contributed by atoms with E-state index in [1.165, 1.54) is 16.8 Å². The van der Waals surface area contributed by atoms with Crippen LogP contribution in [0.4, 0.5) is 0 Å². The third-order valence-corrected chi connectivity index (χ3v) is 4.67. The van der Waals surface area contributed by atoms with Gasteiger partial charge < -0.3 is 9.47 Å². The Labute approximate surface area is 149 Å². The number of nitrogens with one attached hydrogen (secondary N) is 1. The minimum absolute atomic E-state index is 0.0125. The molecule has 3 rings (SSSR count). The van der Waals surface area contributed by atoms with E-state index in [4.69, 9.17) is 14.9 Å². The van der Waals surface area contributed by atoms with Crippen LogP contribution in [0.5, 0.6) is 11.5 Å². The Kier molecular flexibility index (Phi) is 4.89. The number of ether oxygens (including phenoxy) is 2. The number of carbonyl (C=O) groups is 1. The predicted molar refractivity (Wildman–Crippen MR) is 99.5 cm³/mol. The van der Waals surface area contributed by atoms with E-state index in [1.807, 2.05) is 0 Å². The average molecular weight is 358 g/mol. The van der Waals surface area contributed by atoms with Gasteiger partial charge in [-0.15, -0.1) is 0 Å². The molecule has 0 aromatic heterocycles. The van der Waals surface area contributed by atoms with Crippen molar-refractivity contribution in [2.24, 2.45) is 10.1 Å². The van der Waals surface area contributed by atoms with Crippen LogP contribution in [-0.4, -0.2) is 41.2 Å². The van der Waals surface area contributed by atoms with Crippen LogP contribution in [0.2, 0.25) is 0 Å². The monoisotopic (exact) mass is 358 g/mol. The molecule has 25 heavy (non-hydrogen) atoms. The van der Waals surface area contributed by atoms with Gasteiger partial charge in [-0.25, -0.2) is 0 Å². The van der Waals surface area contributed by atoms with Crippen LogP contribution >= 0.6 is 11.8 Å². The molecule has 1 amide bonds. The maximum absolute atomic E-state index is 12.4. The van der Waals surface area contributed by atoms with Crippen molar-refractivity contribution < 1.29 is 14.3 Å². The Balaban J connectivity index is 2.00. The van der Waals surface area contributed by atoms with Crippen molar-refractivity contribution in [3.8, 4) is 11.5 Å². The Hall–Kier alpha value is -2.61. The van der Waals surface area contributed by atoms with Crippen LogP contribution in [0, 0.1) is 5.41 Å². The SMILES string of the molecule is CCCC1=NN2C(=N)/C(=C/c3cc(OC)ccc3OC)C(=O)N=C2S1. The summed E-state index contributed by atoms with van der Waals surface area (Å²) in [5.41, 5.74) is 0.801. The molecular weight excluding hydrogens is 340 g/mol. The first-order chi connectivity index (χ1) is 12.1. The second kappa shape index (κ2) is 7.10. The molecule has 0 radical (unpaired) electrons. The van der Waals surface area contributed by atoms with E-state index in [0.717, 1.165) is 17.9 Å². The summed E-state index contributed by atoms with van der Waals surface area (Å²) in [6, 6.07) is 5.26. The van der Waals surface area contributed by atoms with Crippen molar-refractivity contribution in [3.63, 3.8) is 0 Å². The Morgan fingerprint density at radius 1 is 1.32 bits per heavy atom. The number of hydrazone groups is 1. The molecule has 130 valence electrons. The van der Waals surface area contributed by atoms with Crippen LogP contribution in [0.1, 0.15) is 25.3 Å². The molecule has 1 aromatic carbocycles. The highest BCUT2D eigenvalue weighted by Crippen LogP contribution is 2.31. The van der Waals surface area contributed by atoms with E-state index >= 15 is 0 Å². The molecule has 7 nitrogen and oxygen atoms in total. The third-order valence-electron chi connectivity index (χ3n) is 3.70. The Morgan fingerprint density at radius 2 is 2.12 bits per heavy atom. The van der Waals surface area contributed by atoms with Gasteiger partial charge in [0.15, 0.2) is 5.84 Å². The van der Waals surface area contributed by atoms with Crippen molar-refractivity contribution in [1.82, 2.24) is 5.01 Å². The zero-order valence-corrected chi connectivity index (χ0v) is 15.0. The molecule has 0 atom stereocenters. The summed E-state index contributed by atoms with van der Waals surface area (Å²) < 4.78 is 10.6. The Bertz CT molecular complexity index is 829. The molecule has 2 heterocycles. The topological polar surface area (TPSA) is 87.3 Å². The first-order valence-electron chi connectivity index (χ1n) is 7.78. The van der Waals surface area contributed by atoms with E-state index in [2.05, 4.69) is 17.0 Å². The van der Waals surface area contributed by atoms with Crippen molar-refractivity contribution >= 4 is 39.8 Å². The van der Waals surface area contributed by atoms with Gasteiger partial charge >= 0.3 is 0 Å². The highest BCUT2D eigenvalue weighted by molar-refractivity contribution is 8.26. The van der Waals surface area contributed by atoms with Gasteiger partial charge in [0.2, 0.25) is 5.17 Å². The van der Waals surface area contributed by atoms with Crippen molar-refractivity contribution in [2.45, 2.75) is 19.8 Å². The maximum atomic E-state index is 12.4. The summed E-state index contributed by atoms with van der Waals surface area (Å²) in [4.78, 5) is 16.5. The summed E-state index contributed by atoms with van der Waals surface area (Å²) in [6.07, 6.45) is 3.33. The van der Waals surface area contributed by atoms with E-state index in [1.54, 1.807) is 38.5 Å². The van der Waals surface area contributed by atoms with Gasteiger partial charge in [0.1, 0.15) is 16.5 Å². The van der Waals surface area contributed by atoms with Crippen molar-refractivity contribution in [1.29, 1.82) is 5.41 Å². The number of fused-ring (bicyclic) bond motifs is 1. The second-order valence-electron chi connectivity index (χ2n) is 5.37. The van der Waals surface area contributed by atoms with Crippen LogP contribution in [0.15, 0.2) is 33.9 Å². The number of benzene rings is 1. The number of thioether (sulfide) groups is 1. The molecule has 0 saturated heterocycles. The van der Waals surface area contributed by atoms with Crippen LogP contribution in [0.25, 0.3) is 6.08 Å². The minimum Gasteiger partial charge on any atom is -0.497 e. The molecule has 2 aliphatic heterocycles. The Morgan fingerprint density at radius 3 is 2.80 bits per heavy atom. The molecule has 8 heteroatoms. The van der Waals surface area contributed by atoms with Crippen molar-refractivity contribution in [3.05, 3.63) is 29.3 Å². The van der Waals surface area contributed by atoms with Gasteiger partial charge in [-0.1, -0.05) is 6.92 Å². The van der Waals surface area contributed by atoms with E-state index < -0.39 is 5.91 Å². The van der Waals surface area contributed by atoms with Crippen molar-refractivity contribution in [2.75, 3.05) is 14.2 Å². The fourth-order valence-electron chi connectivity index (χ4n) is 2.45. The number of amidine groups is 2. The van der Waals surface area contributed by atoms with Gasteiger partial charge in [0.25, 0.3) is 5.91 Å². The number of rotatable bonds is 5.